The average molecular weight is 487 g/mol. The van der Waals surface area contributed by atoms with Crippen LogP contribution in [0.25, 0.3) is 0 Å². The Hall–Kier alpha value is -3.24. The molecule has 1 aliphatic heterocycles. The van der Waals surface area contributed by atoms with Crippen molar-refractivity contribution in [2.75, 3.05) is 35.1 Å². The van der Waals surface area contributed by atoms with Gasteiger partial charge in [0.25, 0.3) is 10.0 Å². The molecule has 0 saturated carbocycles. The number of anilines is 3. The van der Waals surface area contributed by atoms with Gasteiger partial charge in [0.2, 0.25) is 0 Å². The maximum Gasteiger partial charge on any atom is 0.264 e. The van der Waals surface area contributed by atoms with E-state index in [1.165, 1.54) is 7.11 Å². The van der Waals surface area contributed by atoms with E-state index in [1.807, 2.05) is 18.2 Å². The molecule has 4 rings (SSSR count). The number of nitrogens with zero attached hydrogens (tertiary/aromatic N) is 1. The number of hydrogen-bond donors (Lipinski definition) is 3. The molecule has 1 aromatic heterocycles. The monoisotopic (exact) mass is 486 g/mol. The summed E-state index contributed by atoms with van der Waals surface area (Å²) in [7, 11) is -2.41. The normalized spacial score (nSPS) is 13.5. The summed E-state index contributed by atoms with van der Waals surface area (Å²) in [6.07, 6.45) is 3.65. The van der Waals surface area contributed by atoms with Crippen LogP contribution in [-0.4, -0.2) is 33.7 Å². The fourth-order valence-electron chi connectivity index (χ4n) is 3.71. The molecule has 0 unspecified atom stereocenters. The Balaban J connectivity index is 1.60. The van der Waals surface area contributed by atoms with Gasteiger partial charge < -0.3 is 24.7 Å². The molecule has 0 spiro atoms. The first-order chi connectivity index (χ1) is 16.0. The topological polar surface area (TPSA) is 95.8 Å². The minimum absolute atomic E-state index is 0.175. The zero-order valence-electron chi connectivity index (χ0n) is 18.2. The minimum Gasteiger partial charge on any atom is -0.495 e. The van der Waals surface area contributed by atoms with Gasteiger partial charge >= 0.3 is 0 Å². The minimum atomic E-state index is -3.91. The Bertz CT molecular complexity index is 1210. The van der Waals surface area contributed by atoms with Crippen LogP contribution in [0.1, 0.15) is 18.6 Å². The molecule has 8 nitrogen and oxygen atoms in total. The molecule has 0 aliphatic carbocycles. The van der Waals surface area contributed by atoms with Crippen molar-refractivity contribution in [2.45, 2.75) is 24.3 Å². The fraction of sp³-hybridized carbons (Fsp3) is 0.261. The fourth-order valence-corrected chi connectivity index (χ4v) is 5.22. The van der Waals surface area contributed by atoms with Crippen molar-refractivity contribution in [1.82, 2.24) is 5.32 Å². The van der Waals surface area contributed by atoms with Crippen LogP contribution in [0.3, 0.4) is 0 Å². The number of hydrogen-bond acceptors (Lipinski definition) is 6. The summed E-state index contributed by atoms with van der Waals surface area (Å²) >= 11 is 5.37. The first kappa shape index (κ1) is 22.9. The molecular weight excluding hydrogens is 460 g/mol. The van der Waals surface area contributed by atoms with Crippen LogP contribution in [-0.2, 0) is 16.6 Å². The van der Waals surface area contributed by atoms with E-state index in [0.717, 1.165) is 31.7 Å². The van der Waals surface area contributed by atoms with E-state index in [1.54, 1.807) is 42.7 Å². The summed E-state index contributed by atoms with van der Waals surface area (Å²) in [5.41, 5.74) is 1.60. The summed E-state index contributed by atoms with van der Waals surface area (Å²) < 4.78 is 40.2. The Morgan fingerprint density at radius 1 is 1.12 bits per heavy atom. The highest BCUT2D eigenvalue weighted by molar-refractivity contribution is 7.93. The summed E-state index contributed by atoms with van der Waals surface area (Å²) in [5, 5.41) is 6.48. The predicted octanol–water partition coefficient (Wildman–Crippen LogP) is 4.18. The third kappa shape index (κ3) is 5.58. The van der Waals surface area contributed by atoms with E-state index < -0.39 is 10.0 Å². The number of sulfonamides is 1. The number of methoxy groups -OCH3 is 1. The third-order valence-electron chi connectivity index (χ3n) is 5.31. The lowest BCUT2D eigenvalue weighted by Gasteiger charge is -2.23. The number of thiocarbonyl (C=S) groups is 1. The van der Waals surface area contributed by atoms with Gasteiger partial charge in [-0.05, 0) is 67.5 Å². The number of nitrogens with one attached hydrogen (secondary N) is 3. The zero-order valence-corrected chi connectivity index (χ0v) is 19.8. The second kappa shape index (κ2) is 10.1. The molecule has 2 aromatic carbocycles. The zero-order chi connectivity index (χ0) is 23.3. The summed E-state index contributed by atoms with van der Waals surface area (Å²) in [5.74, 6) is 1.19. The maximum atomic E-state index is 13.5. The van der Waals surface area contributed by atoms with Crippen molar-refractivity contribution < 1.29 is 17.6 Å². The molecule has 3 N–H and O–H groups in total. The van der Waals surface area contributed by atoms with Crippen molar-refractivity contribution in [3.05, 3.63) is 66.6 Å². The van der Waals surface area contributed by atoms with Crippen molar-refractivity contribution in [2.24, 2.45) is 0 Å². The standard InChI is InChI=1S/C23H26N4O4S2/c1-30-21-9-3-2-8-19(21)26-33(28,29)22-15-17(10-11-20(22)27-12-4-5-13-27)25-23(32)24-16-18-7-6-14-31-18/h2-3,6-11,14-15,26H,4-5,12-13,16H2,1H3,(H2,24,25,32). The highest BCUT2D eigenvalue weighted by Gasteiger charge is 2.25. The molecule has 10 heteroatoms. The van der Waals surface area contributed by atoms with Crippen molar-refractivity contribution in [3.8, 4) is 5.75 Å². The van der Waals surface area contributed by atoms with Crippen LogP contribution in [0.4, 0.5) is 17.1 Å². The Labute approximate surface area is 199 Å². The van der Waals surface area contributed by atoms with Crippen molar-refractivity contribution in [3.63, 3.8) is 0 Å². The molecular formula is C23H26N4O4S2. The number of ether oxygens (including phenoxy) is 1. The Morgan fingerprint density at radius 2 is 1.91 bits per heavy atom. The van der Waals surface area contributed by atoms with E-state index in [0.29, 0.717) is 34.5 Å². The van der Waals surface area contributed by atoms with Crippen LogP contribution in [0.2, 0.25) is 0 Å². The lowest BCUT2D eigenvalue weighted by Crippen LogP contribution is -2.28. The lowest BCUT2D eigenvalue weighted by molar-refractivity contribution is 0.417. The molecule has 0 atom stereocenters. The van der Waals surface area contributed by atoms with Crippen LogP contribution < -0.4 is 25.0 Å². The summed E-state index contributed by atoms with van der Waals surface area (Å²) in [4.78, 5) is 2.27. The SMILES string of the molecule is COc1ccccc1NS(=O)(=O)c1cc(NC(=S)NCc2ccco2)ccc1N1CCCC1. The van der Waals surface area contributed by atoms with Crippen molar-refractivity contribution >= 4 is 44.4 Å². The van der Waals surface area contributed by atoms with Gasteiger partial charge in [-0.2, -0.15) is 0 Å². The average Bonchev–Trinajstić information content (AvgIpc) is 3.52. The number of furan rings is 1. The molecule has 33 heavy (non-hydrogen) atoms. The molecule has 0 bridgehead atoms. The first-order valence-electron chi connectivity index (χ1n) is 10.6. The van der Waals surface area contributed by atoms with E-state index >= 15 is 0 Å². The van der Waals surface area contributed by atoms with E-state index in [9.17, 15) is 8.42 Å². The lowest BCUT2D eigenvalue weighted by atomic mass is 10.2. The van der Waals surface area contributed by atoms with Crippen molar-refractivity contribution in [1.29, 1.82) is 0 Å². The van der Waals surface area contributed by atoms with Gasteiger partial charge in [0.1, 0.15) is 16.4 Å². The van der Waals surface area contributed by atoms with Crippen LogP contribution in [0.5, 0.6) is 5.75 Å². The third-order valence-corrected chi connectivity index (χ3v) is 6.95. The molecule has 174 valence electrons. The van der Waals surface area contributed by atoms with Gasteiger partial charge in [0, 0.05) is 18.8 Å². The molecule has 0 radical (unpaired) electrons. The van der Waals surface area contributed by atoms with Crippen LogP contribution in [0.15, 0.2) is 70.2 Å². The van der Waals surface area contributed by atoms with Crippen LogP contribution >= 0.6 is 12.2 Å². The molecule has 3 aromatic rings. The highest BCUT2D eigenvalue weighted by atomic mass is 32.2. The van der Waals surface area contributed by atoms with Gasteiger partial charge in [-0.25, -0.2) is 8.42 Å². The number of rotatable bonds is 8. The van der Waals surface area contributed by atoms with Gasteiger partial charge in [-0.15, -0.1) is 0 Å². The smallest absolute Gasteiger partial charge is 0.264 e. The van der Waals surface area contributed by atoms with Gasteiger partial charge in [0.05, 0.1) is 31.3 Å². The maximum absolute atomic E-state index is 13.5. The Morgan fingerprint density at radius 3 is 2.64 bits per heavy atom. The van der Waals surface area contributed by atoms with Gasteiger partial charge in [-0.3, -0.25) is 4.72 Å². The predicted molar refractivity (Wildman–Crippen MR) is 133 cm³/mol. The van der Waals surface area contributed by atoms with Crippen LogP contribution in [0, 0.1) is 0 Å². The quantitative estimate of drug-likeness (QED) is 0.408. The first-order valence-corrected chi connectivity index (χ1v) is 12.5. The largest absolute Gasteiger partial charge is 0.495 e. The summed E-state index contributed by atoms with van der Waals surface area (Å²) in [6.45, 7) is 2.05. The summed E-state index contributed by atoms with van der Waals surface area (Å²) in [6, 6.07) is 15.8. The molecule has 1 fully saturated rings. The van der Waals surface area contributed by atoms with E-state index in [4.69, 9.17) is 21.4 Å². The highest BCUT2D eigenvalue weighted by Crippen LogP contribution is 2.34. The molecule has 1 aliphatic rings. The van der Waals surface area contributed by atoms with Gasteiger partial charge in [0.15, 0.2) is 5.11 Å². The Kier molecular flexibility index (Phi) is 7.05. The second-order valence-corrected chi connectivity index (χ2v) is 9.63. The second-order valence-electron chi connectivity index (χ2n) is 7.57. The molecule has 2 heterocycles. The molecule has 0 amide bonds. The molecule has 1 saturated heterocycles. The number of para-hydroxylation sites is 2. The van der Waals surface area contributed by atoms with Gasteiger partial charge in [-0.1, -0.05) is 12.1 Å². The number of benzene rings is 2. The van der Waals surface area contributed by atoms with E-state index in [2.05, 4.69) is 20.3 Å². The van der Waals surface area contributed by atoms with E-state index in [-0.39, 0.29) is 4.90 Å².